The van der Waals surface area contributed by atoms with Crippen LogP contribution >= 0.6 is 28.4 Å². The molecule has 0 unspecified atom stereocenters. The van der Waals surface area contributed by atoms with Crippen molar-refractivity contribution in [1.29, 1.82) is 0 Å². The number of nitrogens with zero attached hydrogens (tertiary/aromatic N) is 2. The molecule has 24 heavy (non-hydrogen) atoms. The molecule has 0 heterocycles. The van der Waals surface area contributed by atoms with Crippen molar-refractivity contribution in [2.45, 2.75) is 41.5 Å². The molecule has 0 bridgehead atoms. The number of hydrogen-bond donors (Lipinski definition) is 0. The number of likely N-dealkylation sites (N-methyl/N-ethyl adjacent to an activating group) is 1. The minimum Gasteiger partial charge on any atom is -0.395 e. The van der Waals surface area contributed by atoms with Gasteiger partial charge in [0, 0.05) is 13.6 Å². The highest BCUT2D eigenvalue weighted by Gasteiger charge is 2.29. The van der Waals surface area contributed by atoms with Gasteiger partial charge in [-0.15, -0.1) is 10.5 Å². The van der Waals surface area contributed by atoms with Crippen molar-refractivity contribution in [3.05, 3.63) is 38.4 Å². The van der Waals surface area contributed by atoms with Crippen LogP contribution in [0.4, 0.5) is 15.3 Å². The Morgan fingerprint density at radius 2 is 1.83 bits per heavy atom. The van der Waals surface area contributed by atoms with Crippen molar-refractivity contribution in [2.24, 2.45) is 0 Å². The second-order valence-electron chi connectivity index (χ2n) is 4.16. The van der Waals surface area contributed by atoms with Gasteiger partial charge in [-0.05, 0) is 35.3 Å². The Morgan fingerprint density at radius 1 is 1.33 bits per heavy atom. The molecular formula is C16H26BrFN2O3S. The average molecular weight is 425 g/mol. The maximum atomic E-state index is 12.4. The molecule has 0 saturated carbocycles. The van der Waals surface area contributed by atoms with Gasteiger partial charge in [0.05, 0.1) is 15.0 Å². The van der Waals surface area contributed by atoms with Crippen molar-refractivity contribution in [2.75, 3.05) is 18.5 Å². The van der Waals surface area contributed by atoms with Crippen molar-refractivity contribution >= 4 is 39.7 Å². The van der Waals surface area contributed by atoms with E-state index >= 15 is 0 Å². The predicted molar refractivity (Wildman–Crippen MR) is 106 cm³/mol. The van der Waals surface area contributed by atoms with Crippen LogP contribution in [0.15, 0.2) is 17.1 Å². The molecule has 8 heteroatoms. The number of benzene rings is 1. The zero-order valence-corrected chi connectivity index (χ0v) is 17.7. The standard InChI is InChI=1S/C12H14BrFN2O3S.2C2H6/c1-5-6-15(4)10-7(2)9(13)12(19-20-14)8(3)11(10)16(17)18;2*1-2/h5H,1,6H2,2-4H3;2*1-2H3. The highest BCUT2D eigenvalue weighted by atomic mass is 79.9. The maximum absolute atomic E-state index is 12.4. The van der Waals surface area contributed by atoms with Crippen LogP contribution in [0, 0.1) is 24.0 Å². The zero-order chi connectivity index (χ0) is 19.4. The van der Waals surface area contributed by atoms with Crippen LogP contribution in [0.2, 0.25) is 0 Å². The quantitative estimate of drug-likeness (QED) is 0.224. The van der Waals surface area contributed by atoms with E-state index in [2.05, 4.69) is 22.5 Å². The van der Waals surface area contributed by atoms with E-state index in [1.165, 1.54) is 6.92 Å². The number of anilines is 1. The average Bonchev–Trinajstić information content (AvgIpc) is 2.58. The maximum Gasteiger partial charge on any atom is 0.299 e. The first-order valence-electron chi connectivity index (χ1n) is 7.61. The third-order valence-corrected chi connectivity index (χ3v) is 4.07. The van der Waals surface area contributed by atoms with E-state index in [9.17, 15) is 14.0 Å². The third kappa shape index (κ3) is 5.98. The second-order valence-corrected chi connectivity index (χ2v) is 5.25. The Labute approximate surface area is 157 Å². The SMILES string of the molecule is C=CCN(C)c1c(C)c(Br)c(OSF)c(C)c1[N+](=O)[O-].CC.CC. The van der Waals surface area contributed by atoms with E-state index in [1.807, 2.05) is 27.7 Å². The summed E-state index contributed by atoms with van der Waals surface area (Å²) in [7, 11) is 1.73. The number of nitro benzene ring substituents is 1. The first-order valence-corrected chi connectivity index (χ1v) is 9.04. The van der Waals surface area contributed by atoms with Crippen LogP contribution in [0.1, 0.15) is 38.8 Å². The highest BCUT2D eigenvalue weighted by Crippen LogP contribution is 2.46. The van der Waals surface area contributed by atoms with E-state index in [0.717, 1.165) is 0 Å². The fourth-order valence-corrected chi connectivity index (χ4v) is 2.95. The van der Waals surface area contributed by atoms with Gasteiger partial charge < -0.3 is 9.08 Å². The Morgan fingerprint density at radius 3 is 2.21 bits per heavy atom. The molecular weight excluding hydrogens is 399 g/mol. The second kappa shape index (κ2) is 13.1. The van der Waals surface area contributed by atoms with Gasteiger partial charge in [0.15, 0.2) is 5.75 Å². The summed E-state index contributed by atoms with van der Waals surface area (Å²) in [6.45, 7) is 15.3. The van der Waals surface area contributed by atoms with Crippen molar-refractivity contribution in [3.63, 3.8) is 0 Å². The summed E-state index contributed by atoms with van der Waals surface area (Å²) in [5, 5.41) is 11.4. The van der Waals surface area contributed by atoms with Crippen LogP contribution in [-0.2, 0) is 0 Å². The summed E-state index contributed by atoms with van der Waals surface area (Å²) in [6.07, 6.45) is 1.65. The van der Waals surface area contributed by atoms with Crippen LogP contribution in [-0.4, -0.2) is 18.5 Å². The van der Waals surface area contributed by atoms with Gasteiger partial charge >= 0.3 is 0 Å². The summed E-state index contributed by atoms with van der Waals surface area (Å²) in [5.41, 5.74) is 1.23. The Kier molecular flexibility index (Phi) is 13.6. The lowest BCUT2D eigenvalue weighted by Gasteiger charge is -2.22. The lowest BCUT2D eigenvalue weighted by atomic mass is 10.1. The molecule has 1 aromatic carbocycles. The minimum absolute atomic E-state index is 0.0981. The molecule has 5 nitrogen and oxygen atoms in total. The molecule has 1 aromatic rings. The Hall–Kier alpha value is -1.28. The van der Waals surface area contributed by atoms with Gasteiger partial charge in [0.25, 0.3) is 18.1 Å². The first-order chi connectivity index (χ1) is 11.4. The normalized spacial score (nSPS) is 9.04. The summed E-state index contributed by atoms with van der Waals surface area (Å²) in [4.78, 5) is 12.6. The molecule has 0 atom stereocenters. The molecule has 138 valence electrons. The van der Waals surface area contributed by atoms with Crippen LogP contribution in [0.5, 0.6) is 5.75 Å². The van der Waals surface area contributed by atoms with E-state index in [-0.39, 0.29) is 29.4 Å². The van der Waals surface area contributed by atoms with Gasteiger partial charge in [-0.25, -0.2) is 0 Å². The molecule has 0 spiro atoms. The van der Waals surface area contributed by atoms with Crippen LogP contribution < -0.4 is 9.08 Å². The van der Waals surface area contributed by atoms with Gasteiger partial charge in [-0.2, -0.15) is 0 Å². The van der Waals surface area contributed by atoms with E-state index in [0.29, 0.717) is 22.3 Å². The van der Waals surface area contributed by atoms with E-state index in [4.69, 9.17) is 4.18 Å². The number of hydrogen-bond acceptors (Lipinski definition) is 5. The highest BCUT2D eigenvalue weighted by molar-refractivity contribution is 9.10. The molecule has 0 aliphatic carbocycles. The smallest absolute Gasteiger partial charge is 0.299 e. The van der Waals surface area contributed by atoms with Gasteiger partial charge in [-0.1, -0.05) is 33.8 Å². The van der Waals surface area contributed by atoms with Crippen molar-refractivity contribution in [1.82, 2.24) is 0 Å². The van der Waals surface area contributed by atoms with Gasteiger partial charge in [0.1, 0.15) is 5.69 Å². The van der Waals surface area contributed by atoms with E-state index < -0.39 is 4.92 Å². The molecule has 0 amide bonds. The van der Waals surface area contributed by atoms with E-state index in [1.54, 1.807) is 24.9 Å². The molecule has 0 N–H and O–H groups in total. The molecule has 0 saturated heterocycles. The number of halogens is 2. The molecule has 0 radical (unpaired) electrons. The lowest BCUT2D eigenvalue weighted by molar-refractivity contribution is -0.384. The summed E-state index contributed by atoms with van der Waals surface area (Å²) >= 11 is 2.96. The Balaban J connectivity index is 0. The minimum atomic E-state index is -0.487. The zero-order valence-electron chi connectivity index (χ0n) is 15.3. The largest absolute Gasteiger partial charge is 0.395 e. The van der Waals surface area contributed by atoms with Crippen molar-refractivity contribution < 1.29 is 13.0 Å². The van der Waals surface area contributed by atoms with Crippen LogP contribution in [0.25, 0.3) is 0 Å². The number of nitro groups is 1. The lowest BCUT2D eigenvalue weighted by Crippen LogP contribution is -2.20. The first kappa shape index (κ1) is 25.0. The summed E-state index contributed by atoms with van der Waals surface area (Å²) < 4.78 is 17.7. The summed E-state index contributed by atoms with van der Waals surface area (Å²) in [5.74, 6) is 0.123. The predicted octanol–water partition coefficient (Wildman–Crippen LogP) is 6.56. The van der Waals surface area contributed by atoms with Gasteiger partial charge in [-0.3, -0.25) is 10.1 Å². The van der Waals surface area contributed by atoms with Gasteiger partial charge in [0.2, 0.25) is 0 Å². The molecule has 0 aromatic heterocycles. The topological polar surface area (TPSA) is 55.6 Å². The Bertz CT molecular complexity index is 557. The molecule has 0 fully saturated rings. The summed E-state index contributed by atoms with van der Waals surface area (Å²) in [6, 6.07) is 0. The molecule has 1 rings (SSSR count). The molecule has 0 aliphatic rings. The van der Waals surface area contributed by atoms with Crippen molar-refractivity contribution in [3.8, 4) is 5.75 Å². The third-order valence-electron chi connectivity index (χ3n) is 2.89. The monoisotopic (exact) mass is 424 g/mol. The number of rotatable bonds is 6. The fourth-order valence-electron chi connectivity index (χ4n) is 2.01. The fraction of sp³-hybridized carbons (Fsp3) is 0.500. The molecule has 0 aliphatic heterocycles. The van der Waals surface area contributed by atoms with Crippen LogP contribution in [0.3, 0.4) is 0 Å².